The summed E-state index contributed by atoms with van der Waals surface area (Å²) in [6, 6.07) is 17.7. The van der Waals surface area contributed by atoms with E-state index < -0.39 is 0 Å². The number of benzene rings is 2. The summed E-state index contributed by atoms with van der Waals surface area (Å²) in [6.07, 6.45) is 2.91. The number of piperazine rings is 1. The van der Waals surface area contributed by atoms with Gasteiger partial charge in [0.15, 0.2) is 5.76 Å². The first-order valence-electron chi connectivity index (χ1n) is 11.5. The van der Waals surface area contributed by atoms with Crippen molar-refractivity contribution in [3.8, 4) is 11.5 Å². The standard InChI is InChI=1S/C26H29N5O2/c1-30-11-13-31(14-12-30)10-4-9-27-21-7-8-25-22(16-21)23(29-32)17-26(33-25)24-15-19-5-2-3-6-20(19)18-28-24/h2-3,5-8,15-18,27,32H,4,9-14H2,1H3. The van der Waals surface area contributed by atoms with Crippen molar-refractivity contribution >= 4 is 27.4 Å². The van der Waals surface area contributed by atoms with E-state index >= 15 is 0 Å². The molecule has 0 amide bonds. The van der Waals surface area contributed by atoms with E-state index in [0.717, 1.165) is 67.5 Å². The molecule has 2 aromatic carbocycles. The molecule has 0 bridgehead atoms. The Labute approximate surface area is 193 Å². The minimum absolute atomic E-state index is 0.460. The van der Waals surface area contributed by atoms with Crippen LogP contribution >= 0.6 is 0 Å². The Bertz CT molecular complexity index is 1330. The van der Waals surface area contributed by atoms with Crippen LogP contribution < -0.4 is 10.7 Å². The molecule has 0 aliphatic carbocycles. The van der Waals surface area contributed by atoms with Crippen molar-refractivity contribution in [1.29, 1.82) is 0 Å². The lowest BCUT2D eigenvalue weighted by molar-refractivity contribution is 0.154. The summed E-state index contributed by atoms with van der Waals surface area (Å²) in [5.74, 6) is 0.564. The van der Waals surface area contributed by atoms with E-state index in [4.69, 9.17) is 4.42 Å². The molecule has 0 unspecified atom stereocenters. The van der Waals surface area contributed by atoms with Crippen LogP contribution in [0, 0.1) is 0 Å². The first kappa shape index (κ1) is 21.4. The number of fused-ring (bicyclic) bond motifs is 2. The number of nitrogens with zero attached hydrogens (tertiary/aromatic N) is 4. The van der Waals surface area contributed by atoms with Gasteiger partial charge in [0.25, 0.3) is 0 Å². The van der Waals surface area contributed by atoms with Gasteiger partial charge in [0, 0.05) is 61.4 Å². The van der Waals surface area contributed by atoms with Crippen molar-refractivity contribution in [2.75, 3.05) is 51.6 Å². The number of nitrogens with one attached hydrogen (secondary N) is 1. The van der Waals surface area contributed by atoms with Gasteiger partial charge >= 0.3 is 0 Å². The van der Waals surface area contributed by atoms with Crippen molar-refractivity contribution in [2.45, 2.75) is 6.42 Å². The monoisotopic (exact) mass is 443 g/mol. The van der Waals surface area contributed by atoms with Crippen LogP contribution in [0.5, 0.6) is 0 Å². The van der Waals surface area contributed by atoms with Gasteiger partial charge in [0.05, 0.1) is 0 Å². The molecular formula is C26H29N5O2. The lowest BCUT2D eigenvalue weighted by Gasteiger charge is -2.32. The van der Waals surface area contributed by atoms with Crippen molar-refractivity contribution in [3.63, 3.8) is 0 Å². The maximum absolute atomic E-state index is 9.68. The molecule has 1 aliphatic heterocycles. The molecule has 0 saturated carbocycles. The number of hydrogen-bond donors (Lipinski definition) is 2. The van der Waals surface area contributed by atoms with Gasteiger partial charge in [-0.1, -0.05) is 29.4 Å². The molecule has 1 aliphatic rings. The highest BCUT2D eigenvalue weighted by molar-refractivity contribution is 5.86. The summed E-state index contributed by atoms with van der Waals surface area (Å²) < 4.78 is 6.14. The molecular weight excluding hydrogens is 414 g/mol. The molecule has 1 saturated heterocycles. The van der Waals surface area contributed by atoms with E-state index in [0.29, 0.717) is 22.4 Å². The van der Waals surface area contributed by atoms with Gasteiger partial charge in [0.1, 0.15) is 16.6 Å². The van der Waals surface area contributed by atoms with Crippen LogP contribution in [-0.2, 0) is 0 Å². The molecule has 7 nitrogen and oxygen atoms in total. The SMILES string of the molecule is CN1CCN(CCCNc2ccc3oc(-c4cc5ccccc5cn4)cc(=NO)c3c2)CC1. The van der Waals surface area contributed by atoms with Gasteiger partial charge in [-0.05, 0) is 49.7 Å². The highest BCUT2D eigenvalue weighted by Gasteiger charge is 2.13. The number of rotatable bonds is 6. The molecule has 2 N–H and O–H groups in total. The van der Waals surface area contributed by atoms with Gasteiger partial charge in [-0.25, -0.2) is 0 Å². The summed E-state index contributed by atoms with van der Waals surface area (Å²) in [5.41, 5.74) is 2.34. The summed E-state index contributed by atoms with van der Waals surface area (Å²) in [6.45, 7) is 6.56. The quantitative estimate of drug-likeness (QED) is 0.267. The number of pyridine rings is 1. The first-order valence-corrected chi connectivity index (χ1v) is 11.5. The van der Waals surface area contributed by atoms with Crippen molar-refractivity contribution < 1.29 is 9.62 Å². The van der Waals surface area contributed by atoms with Gasteiger partial charge in [-0.15, -0.1) is 0 Å². The summed E-state index contributed by atoms with van der Waals surface area (Å²) in [7, 11) is 2.18. The zero-order valence-corrected chi connectivity index (χ0v) is 18.9. The summed E-state index contributed by atoms with van der Waals surface area (Å²) >= 11 is 0. The van der Waals surface area contributed by atoms with Crippen molar-refractivity contribution in [3.05, 3.63) is 66.2 Å². The van der Waals surface area contributed by atoms with E-state index in [9.17, 15) is 5.21 Å². The van der Waals surface area contributed by atoms with Gasteiger partial charge in [-0.3, -0.25) is 4.98 Å². The number of likely N-dealkylation sites (N-methyl/N-ethyl adjacent to an activating group) is 1. The van der Waals surface area contributed by atoms with Crippen molar-refractivity contribution in [2.24, 2.45) is 5.16 Å². The predicted octanol–water partition coefficient (Wildman–Crippen LogP) is 3.99. The molecule has 7 heteroatoms. The Kier molecular flexibility index (Phi) is 6.24. The summed E-state index contributed by atoms with van der Waals surface area (Å²) in [5, 5.41) is 20.1. The van der Waals surface area contributed by atoms with Crippen LogP contribution in [0.25, 0.3) is 33.2 Å². The number of aromatic nitrogens is 1. The average Bonchev–Trinajstić information content (AvgIpc) is 2.86. The average molecular weight is 444 g/mol. The molecule has 1 fully saturated rings. The maximum Gasteiger partial charge on any atom is 0.155 e. The molecule has 3 heterocycles. The predicted molar refractivity (Wildman–Crippen MR) is 131 cm³/mol. The summed E-state index contributed by atoms with van der Waals surface area (Å²) in [4.78, 5) is 9.43. The number of hydrogen-bond acceptors (Lipinski definition) is 7. The Morgan fingerprint density at radius 2 is 1.85 bits per heavy atom. The number of anilines is 1. The topological polar surface area (TPSA) is 77.1 Å². The third kappa shape index (κ3) is 4.84. The van der Waals surface area contributed by atoms with Crippen LogP contribution in [0.15, 0.2) is 70.4 Å². The normalized spacial score (nSPS) is 16.0. The van der Waals surface area contributed by atoms with Crippen LogP contribution in [0.3, 0.4) is 0 Å². The minimum Gasteiger partial charge on any atom is -0.454 e. The van der Waals surface area contributed by atoms with E-state index in [-0.39, 0.29) is 0 Å². The molecule has 5 rings (SSSR count). The highest BCUT2D eigenvalue weighted by Crippen LogP contribution is 2.25. The molecule has 33 heavy (non-hydrogen) atoms. The molecule has 4 aromatic rings. The molecule has 0 spiro atoms. The first-order chi connectivity index (χ1) is 16.2. The van der Waals surface area contributed by atoms with E-state index in [1.165, 1.54) is 0 Å². The minimum atomic E-state index is 0.460. The fourth-order valence-electron chi connectivity index (χ4n) is 4.31. The third-order valence-electron chi connectivity index (χ3n) is 6.31. The maximum atomic E-state index is 9.68. The van der Waals surface area contributed by atoms with Crippen LogP contribution in [-0.4, -0.2) is 66.3 Å². The Hall–Kier alpha value is -3.42. The van der Waals surface area contributed by atoms with E-state index in [2.05, 4.69) is 32.3 Å². The second-order valence-corrected chi connectivity index (χ2v) is 8.65. The fraction of sp³-hybridized carbons (Fsp3) is 0.308. The largest absolute Gasteiger partial charge is 0.454 e. The second kappa shape index (κ2) is 9.60. The second-order valence-electron chi connectivity index (χ2n) is 8.65. The van der Waals surface area contributed by atoms with Crippen LogP contribution in [0.4, 0.5) is 5.69 Å². The third-order valence-corrected chi connectivity index (χ3v) is 6.31. The smallest absolute Gasteiger partial charge is 0.155 e. The Morgan fingerprint density at radius 3 is 2.67 bits per heavy atom. The molecule has 0 radical (unpaired) electrons. The lowest BCUT2D eigenvalue weighted by atomic mass is 10.1. The molecule has 170 valence electrons. The van der Waals surface area contributed by atoms with E-state index in [1.54, 1.807) is 6.07 Å². The molecule has 2 aromatic heterocycles. The van der Waals surface area contributed by atoms with Crippen LogP contribution in [0.1, 0.15) is 6.42 Å². The molecule has 0 atom stereocenters. The highest BCUT2D eigenvalue weighted by atomic mass is 16.4. The Morgan fingerprint density at radius 1 is 1.03 bits per heavy atom. The zero-order chi connectivity index (χ0) is 22.6. The lowest BCUT2D eigenvalue weighted by Crippen LogP contribution is -2.44. The van der Waals surface area contributed by atoms with Gasteiger partial charge in [0.2, 0.25) is 0 Å². The van der Waals surface area contributed by atoms with Gasteiger partial charge < -0.3 is 24.7 Å². The van der Waals surface area contributed by atoms with E-state index in [1.807, 2.05) is 54.7 Å². The van der Waals surface area contributed by atoms with Crippen molar-refractivity contribution in [1.82, 2.24) is 14.8 Å². The van der Waals surface area contributed by atoms with Crippen LogP contribution in [0.2, 0.25) is 0 Å². The zero-order valence-electron chi connectivity index (χ0n) is 18.9. The Balaban J connectivity index is 1.32. The van der Waals surface area contributed by atoms with Gasteiger partial charge in [-0.2, -0.15) is 0 Å². The fourth-order valence-corrected chi connectivity index (χ4v) is 4.31.